The van der Waals surface area contributed by atoms with Gasteiger partial charge in [0.25, 0.3) is 0 Å². The monoisotopic (exact) mass is 464 g/mol. The largest absolute Gasteiger partial charge is 0.339 e. The standard InChI is InChI=1S/C20H28N6O3S2/c1-6-26(7-2)31(27,28)16-10-8-9-15(12-16)19-22-23-20(25(19)5)30-13-17-21-18(29-24-17)11-14(3)4/h8-10,12,14H,6-7,11,13H2,1-5H3. The molecule has 0 saturated carbocycles. The predicted octanol–water partition coefficient (Wildman–Crippen LogP) is 3.39. The number of aromatic nitrogens is 5. The molecule has 0 amide bonds. The van der Waals surface area contributed by atoms with Crippen LogP contribution in [0.25, 0.3) is 11.4 Å². The Kier molecular flexibility index (Phi) is 7.50. The molecule has 0 aliphatic rings. The number of benzene rings is 1. The third kappa shape index (κ3) is 5.34. The zero-order valence-electron chi connectivity index (χ0n) is 18.4. The van der Waals surface area contributed by atoms with E-state index in [2.05, 4.69) is 34.2 Å². The average molecular weight is 465 g/mol. The van der Waals surface area contributed by atoms with Gasteiger partial charge in [-0.25, -0.2) is 8.42 Å². The third-order valence-electron chi connectivity index (χ3n) is 4.69. The number of hydrogen-bond acceptors (Lipinski definition) is 8. The van der Waals surface area contributed by atoms with Crippen LogP contribution >= 0.6 is 11.8 Å². The fourth-order valence-electron chi connectivity index (χ4n) is 3.11. The van der Waals surface area contributed by atoms with Crippen molar-refractivity contribution in [3.05, 3.63) is 36.0 Å². The van der Waals surface area contributed by atoms with E-state index >= 15 is 0 Å². The Morgan fingerprint density at radius 2 is 1.94 bits per heavy atom. The van der Waals surface area contributed by atoms with E-state index in [1.807, 2.05) is 31.5 Å². The summed E-state index contributed by atoms with van der Waals surface area (Å²) in [5.74, 6) is 2.79. The quantitative estimate of drug-likeness (QED) is 0.420. The van der Waals surface area contributed by atoms with Crippen LogP contribution in [0.1, 0.15) is 39.4 Å². The van der Waals surface area contributed by atoms with Crippen LogP contribution in [0.15, 0.2) is 38.8 Å². The second kappa shape index (κ2) is 9.92. The first-order valence-corrected chi connectivity index (χ1v) is 12.6. The lowest BCUT2D eigenvalue weighted by atomic mass is 10.1. The molecule has 2 heterocycles. The molecule has 168 valence electrons. The van der Waals surface area contributed by atoms with Gasteiger partial charge in [-0.1, -0.05) is 56.7 Å². The van der Waals surface area contributed by atoms with E-state index in [4.69, 9.17) is 4.52 Å². The van der Waals surface area contributed by atoms with Crippen LogP contribution in [-0.4, -0.2) is 50.7 Å². The summed E-state index contributed by atoms with van der Waals surface area (Å²) in [4.78, 5) is 4.65. The Bertz CT molecular complexity index is 1120. The highest BCUT2D eigenvalue weighted by atomic mass is 32.2. The molecule has 0 radical (unpaired) electrons. The van der Waals surface area contributed by atoms with Crippen molar-refractivity contribution in [2.24, 2.45) is 13.0 Å². The molecule has 0 bridgehead atoms. The van der Waals surface area contributed by atoms with Crippen molar-refractivity contribution in [2.75, 3.05) is 13.1 Å². The Hall–Kier alpha value is -2.24. The van der Waals surface area contributed by atoms with E-state index in [1.165, 1.54) is 16.1 Å². The van der Waals surface area contributed by atoms with Gasteiger partial charge in [0.05, 0.1) is 10.6 Å². The molecule has 9 nitrogen and oxygen atoms in total. The van der Waals surface area contributed by atoms with Crippen molar-refractivity contribution in [3.63, 3.8) is 0 Å². The van der Waals surface area contributed by atoms with E-state index in [1.54, 1.807) is 18.2 Å². The minimum absolute atomic E-state index is 0.246. The van der Waals surface area contributed by atoms with Crippen molar-refractivity contribution in [1.82, 2.24) is 29.2 Å². The molecule has 3 rings (SSSR count). The summed E-state index contributed by atoms with van der Waals surface area (Å²) >= 11 is 1.45. The van der Waals surface area contributed by atoms with Crippen LogP contribution in [0.4, 0.5) is 0 Å². The van der Waals surface area contributed by atoms with E-state index in [9.17, 15) is 8.42 Å². The lowest BCUT2D eigenvalue weighted by molar-refractivity contribution is 0.360. The minimum Gasteiger partial charge on any atom is -0.339 e. The molecule has 1 aromatic carbocycles. The summed E-state index contributed by atoms with van der Waals surface area (Å²) in [6, 6.07) is 6.80. The molecule has 2 aromatic heterocycles. The molecular formula is C20H28N6O3S2. The molecule has 0 aliphatic heterocycles. The average Bonchev–Trinajstić information content (AvgIpc) is 3.33. The van der Waals surface area contributed by atoms with Gasteiger partial charge >= 0.3 is 0 Å². The maximum absolute atomic E-state index is 12.9. The molecule has 0 spiro atoms. The van der Waals surface area contributed by atoms with Gasteiger partial charge in [0, 0.05) is 32.1 Å². The van der Waals surface area contributed by atoms with E-state index < -0.39 is 10.0 Å². The van der Waals surface area contributed by atoms with Gasteiger partial charge in [-0.05, 0) is 18.1 Å². The molecular weight excluding hydrogens is 436 g/mol. The summed E-state index contributed by atoms with van der Waals surface area (Å²) in [5, 5.41) is 13.2. The normalized spacial score (nSPS) is 12.2. The molecule has 0 aliphatic carbocycles. The van der Waals surface area contributed by atoms with Crippen LogP contribution in [0.3, 0.4) is 0 Å². The Labute approximate surface area is 187 Å². The Morgan fingerprint density at radius 1 is 1.19 bits per heavy atom. The Balaban J connectivity index is 1.78. The summed E-state index contributed by atoms with van der Waals surface area (Å²) in [7, 11) is -1.70. The van der Waals surface area contributed by atoms with Gasteiger partial charge in [-0.15, -0.1) is 10.2 Å². The molecule has 0 saturated heterocycles. The zero-order valence-corrected chi connectivity index (χ0v) is 20.1. The fourth-order valence-corrected chi connectivity index (χ4v) is 5.37. The molecule has 0 N–H and O–H groups in total. The van der Waals surface area contributed by atoms with Crippen LogP contribution < -0.4 is 0 Å². The van der Waals surface area contributed by atoms with Crippen LogP contribution in [-0.2, 0) is 29.2 Å². The molecule has 0 fully saturated rings. The second-order valence-electron chi connectivity index (χ2n) is 7.47. The first kappa shape index (κ1) is 23.4. The maximum atomic E-state index is 12.9. The van der Waals surface area contributed by atoms with E-state index in [-0.39, 0.29) is 4.90 Å². The van der Waals surface area contributed by atoms with Crippen LogP contribution in [0.2, 0.25) is 0 Å². The van der Waals surface area contributed by atoms with Crippen molar-refractivity contribution >= 4 is 21.8 Å². The molecule has 0 unspecified atom stereocenters. The maximum Gasteiger partial charge on any atom is 0.243 e. The Morgan fingerprint density at radius 3 is 2.61 bits per heavy atom. The lowest BCUT2D eigenvalue weighted by Gasteiger charge is -2.18. The molecule has 31 heavy (non-hydrogen) atoms. The number of rotatable bonds is 10. The van der Waals surface area contributed by atoms with Gasteiger partial charge in [-0.2, -0.15) is 9.29 Å². The lowest BCUT2D eigenvalue weighted by Crippen LogP contribution is -2.30. The van der Waals surface area contributed by atoms with Crippen LogP contribution in [0, 0.1) is 5.92 Å². The van der Waals surface area contributed by atoms with Crippen molar-refractivity contribution in [3.8, 4) is 11.4 Å². The summed E-state index contributed by atoms with van der Waals surface area (Å²) in [5.41, 5.74) is 0.689. The van der Waals surface area contributed by atoms with E-state index in [0.29, 0.717) is 53.0 Å². The SMILES string of the molecule is CCN(CC)S(=O)(=O)c1cccc(-c2nnc(SCc3noc(CC(C)C)n3)n2C)c1. The summed E-state index contributed by atoms with van der Waals surface area (Å²) in [6.07, 6.45) is 0.749. The smallest absolute Gasteiger partial charge is 0.243 e. The fraction of sp³-hybridized carbons (Fsp3) is 0.500. The van der Waals surface area contributed by atoms with E-state index in [0.717, 1.165) is 6.42 Å². The topological polar surface area (TPSA) is 107 Å². The minimum atomic E-state index is -3.55. The van der Waals surface area contributed by atoms with Gasteiger partial charge < -0.3 is 9.09 Å². The van der Waals surface area contributed by atoms with Gasteiger partial charge in [0.2, 0.25) is 15.9 Å². The molecule has 11 heteroatoms. The first-order valence-electron chi connectivity index (χ1n) is 10.2. The van der Waals surface area contributed by atoms with Crippen molar-refractivity contribution in [2.45, 2.75) is 49.9 Å². The highest BCUT2D eigenvalue weighted by Crippen LogP contribution is 2.27. The van der Waals surface area contributed by atoms with Crippen LogP contribution in [0.5, 0.6) is 0 Å². The molecule has 0 atom stereocenters. The van der Waals surface area contributed by atoms with Crippen molar-refractivity contribution < 1.29 is 12.9 Å². The number of sulfonamides is 1. The third-order valence-corrected chi connectivity index (χ3v) is 7.76. The van der Waals surface area contributed by atoms with Gasteiger partial charge in [0.1, 0.15) is 0 Å². The van der Waals surface area contributed by atoms with Gasteiger partial charge in [0.15, 0.2) is 16.8 Å². The summed E-state index contributed by atoms with van der Waals surface area (Å²) in [6.45, 7) is 8.69. The highest BCUT2D eigenvalue weighted by molar-refractivity contribution is 7.98. The number of hydrogen-bond donors (Lipinski definition) is 0. The van der Waals surface area contributed by atoms with Crippen molar-refractivity contribution in [1.29, 1.82) is 0 Å². The highest BCUT2D eigenvalue weighted by Gasteiger charge is 2.23. The van der Waals surface area contributed by atoms with Gasteiger partial charge in [-0.3, -0.25) is 0 Å². The zero-order chi connectivity index (χ0) is 22.6. The predicted molar refractivity (Wildman–Crippen MR) is 119 cm³/mol. The first-order chi connectivity index (χ1) is 14.8. The number of nitrogens with zero attached hydrogens (tertiary/aromatic N) is 6. The second-order valence-corrected chi connectivity index (χ2v) is 10.4. The molecule has 3 aromatic rings. The number of thioether (sulfide) groups is 1. The summed E-state index contributed by atoms with van der Waals surface area (Å²) < 4.78 is 34.2.